The summed E-state index contributed by atoms with van der Waals surface area (Å²) >= 11 is 0. The first-order valence-electron chi connectivity index (χ1n) is 4.62. The second-order valence-corrected chi connectivity index (χ2v) is 3.11. The van der Waals surface area contributed by atoms with Crippen LogP contribution in [0.3, 0.4) is 0 Å². The second-order valence-electron chi connectivity index (χ2n) is 3.11. The lowest BCUT2D eigenvalue weighted by molar-refractivity contribution is 0.0692. The molecule has 0 aliphatic carbocycles. The van der Waals surface area contributed by atoms with Crippen molar-refractivity contribution in [2.45, 2.75) is 0 Å². The van der Waals surface area contributed by atoms with Gasteiger partial charge in [-0.2, -0.15) is 10.5 Å². The fourth-order valence-corrected chi connectivity index (χ4v) is 1.38. The molecule has 0 unspecified atom stereocenters. The van der Waals surface area contributed by atoms with Crippen molar-refractivity contribution in [2.75, 3.05) is 18.0 Å². The minimum atomic E-state index is -1.43. The van der Waals surface area contributed by atoms with Gasteiger partial charge in [0.05, 0.1) is 17.8 Å². The molecule has 5 nitrogen and oxygen atoms in total. The van der Waals surface area contributed by atoms with E-state index in [-0.39, 0.29) is 18.8 Å². The van der Waals surface area contributed by atoms with Crippen LogP contribution in [0.5, 0.6) is 0 Å². The lowest BCUT2D eigenvalue weighted by Crippen LogP contribution is -2.26. The Hall–Kier alpha value is -2.60. The van der Waals surface area contributed by atoms with Gasteiger partial charge in [-0.15, -0.1) is 0 Å². The van der Waals surface area contributed by atoms with E-state index in [0.717, 1.165) is 6.07 Å². The van der Waals surface area contributed by atoms with Crippen LogP contribution in [0.4, 0.5) is 10.1 Å². The van der Waals surface area contributed by atoms with E-state index >= 15 is 0 Å². The van der Waals surface area contributed by atoms with Crippen LogP contribution in [0.2, 0.25) is 0 Å². The van der Waals surface area contributed by atoms with Crippen LogP contribution in [-0.2, 0) is 0 Å². The number of aromatic carboxylic acids is 1. The van der Waals surface area contributed by atoms with Gasteiger partial charge in [0, 0.05) is 0 Å². The molecule has 0 spiro atoms. The zero-order valence-electron chi connectivity index (χ0n) is 8.72. The van der Waals surface area contributed by atoms with Crippen molar-refractivity contribution in [3.63, 3.8) is 0 Å². The van der Waals surface area contributed by atoms with Gasteiger partial charge in [-0.05, 0) is 12.1 Å². The number of hydrogen-bond donors (Lipinski definition) is 1. The molecule has 0 aromatic heterocycles. The summed E-state index contributed by atoms with van der Waals surface area (Å²) in [7, 11) is 0. The zero-order chi connectivity index (χ0) is 12.8. The fourth-order valence-electron chi connectivity index (χ4n) is 1.38. The first-order chi connectivity index (χ1) is 8.11. The molecule has 0 heterocycles. The summed E-state index contributed by atoms with van der Waals surface area (Å²) in [6.07, 6.45) is 0. The summed E-state index contributed by atoms with van der Waals surface area (Å²) in [6, 6.07) is 7.30. The Morgan fingerprint density at radius 2 is 1.94 bits per heavy atom. The summed E-state index contributed by atoms with van der Waals surface area (Å²) in [4.78, 5) is 12.1. The van der Waals surface area contributed by atoms with Crippen LogP contribution in [0.25, 0.3) is 0 Å². The van der Waals surface area contributed by atoms with E-state index in [1.54, 1.807) is 12.1 Å². The highest BCUT2D eigenvalue weighted by Crippen LogP contribution is 2.22. The van der Waals surface area contributed by atoms with E-state index in [2.05, 4.69) is 0 Å². The molecule has 0 radical (unpaired) electrons. The van der Waals surface area contributed by atoms with Gasteiger partial charge in [-0.25, -0.2) is 9.18 Å². The van der Waals surface area contributed by atoms with E-state index in [1.165, 1.54) is 17.0 Å². The van der Waals surface area contributed by atoms with Gasteiger partial charge in [0.25, 0.3) is 0 Å². The highest BCUT2D eigenvalue weighted by Gasteiger charge is 2.19. The predicted octanol–water partition coefficient (Wildman–Crippen LogP) is 1.38. The van der Waals surface area contributed by atoms with Gasteiger partial charge in [-0.3, -0.25) is 0 Å². The number of hydrogen-bond acceptors (Lipinski definition) is 4. The van der Waals surface area contributed by atoms with Crippen molar-refractivity contribution in [3.8, 4) is 12.1 Å². The molecule has 1 aromatic carbocycles. The average Bonchev–Trinajstić information content (AvgIpc) is 2.28. The average molecular weight is 233 g/mol. The zero-order valence-corrected chi connectivity index (χ0v) is 8.72. The van der Waals surface area contributed by atoms with Gasteiger partial charge >= 0.3 is 5.97 Å². The Kier molecular flexibility index (Phi) is 4.02. The second kappa shape index (κ2) is 5.47. The number of anilines is 1. The van der Waals surface area contributed by atoms with Crippen LogP contribution in [0.15, 0.2) is 18.2 Å². The molecule has 0 saturated heterocycles. The molecule has 0 fully saturated rings. The third-order valence-corrected chi connectivity index (χ3v) is 2.07. The van der Waals surface area contributed by atoms with Gasteiger partial charge in [0.1, 0.15) is 24.5 Å². The predicted molar refractivity (Wildman–Crippen MR) is 56.8 cm³/mol. The minimum absolute atomic E-state index is 0.0283. The van der Waals surface area contributed by atoms with Crippen LogP contribution in [0, 0.1) is 28.5 Å². The normalized spacial score (nSPS) is 9.12. The lowest BCUT2D eigenvalue weighted by atomic mass is 10.1. The summed E-state index contributed by atoms with van der Waals surface area (Å²) in [5.74, 6) is -2.32. The van der Waals surface area contributed by atoms with E-state index in [1.807, 2.05) is 0 Å². The van der Waals surface area contributed by atoms with Crippen molar-refractivity contribution < 1.29 is 14.3 Å². The Morgan fingerprint density at radius 1 is 1.35 bits per heavy atom. The number of benzene rings is 1. The number of carbonyl (C=O) groups is 1. The fraction of sp³-hybridized carbons (Fsp3) is 0.182. The molecular formula is C11H8FN3O2. The Morgan fingerprint density at radius 3 is 2.41 bits per heavy atom. The molecule has 0 saturated carbocycles. The number of nitriles is 2. The van der Waals surface area contributed by atoms with E-state index < -0.39 is 17.3 Å². The highest BCUT2D eigenvalue weighted by molar-refractivity contribution is 5.94. The maximum atomic E-state index is 13.4. The lowest BCUT2D eigenvalue weighted by Gasteiger charge is -2.20. The van der Waals surface area contributed by atoms with E-state index in [0.29, 0.717) is 0 Å². The molecule has 0 amide bonds. The molecule has 1 rings (SSSR count). The standard InChI is InChI=1S/C11H8FN3O2/c12-8-2-1-3-9(10(8)11(16)17)15(6-4-13)7-5-14/h1-3H,6-7H2,(H,16,17). The third-order valence-electron chi connectivity index (χ3n) is 2.07. The number of carboxylic acids is 1. The summed E-state index contributed by atoms with van der Waals surface area (Å²) in [6.45, 7) is -0.366. The van der Waals surface area contributed by atoms with Crippen molar-refractivity contribution in [1.29, 1.82) is 10.5 Å². The molecule has 0 aliphatic rings. The third kappa shape index (κ3) is 2.70. The largest absolute Gasteiger partial charge is 0.478 e. The molecule has 0 aliphatic heterocycles. The molecule has 0 bridgehead atoms. The first kappa shape index (κ1) is 12.5. The molecule has 1 aromatic rings. The van der Waals surface area contributed by atoms with Crippen molar-refractivity contribution >= 4 is 11.7 Å². The number of nitrogens with zero attached hydrogens (tertiary/aromatic N) is 3. The van der Waals surface area contributed by atoms with Gasteiger partial charge < -0.3 is 10.0 Å². The van der Waals surface area contributed by atoms with Crippen molar-refractivity contribution in [3.05, 3.63) is 29.6 Å². The van der Waals surface area contributed by atoms with Crippen molar-refractivity contribution in [1.82, 2.24) is 0 Å². The molecule has 17 heavy (non-hydrogen) atoms. The van der Waals surface area contributed by atoms with Crippen LogP contribution >= 0.6 is 0 Å². The van der Waals surface area contributed by atoms with E-state index in [4.69, 9.17) is 15.6 Å². The molecule has 1 N–H and O–H groups in total. The maximum Gasteiger partial charge on any atom is 0.340 e. The topological polar surface area (TPSA) is 88.1 Å². The maximum absolute atomic E-state index is 13.4. The SMILES string of the molecule is N#CCN(CC#N)c1cccc(F)c1C(=O)O. The van der Waals surface area contributed by atoms with E-state index in [9.17, 15) is 9.18 Å². The molecule has 0 atom stereocenters. The van der Waals surface area contributed by atoms with Gasteiger partial charge in [0.2, 0.25) is 0 Å². The number of halogens is 1. The Balaban J connectivity index is 3.29. The monoisotopic (exact) mass is 233 g/mol. The van der Waals surface area contributed by atoms with Gasteiger partial charge in [-0.1, -0.05) is 6.07 Å². The highest BCUT2D eigenvalue weighted by atomic mass is 19.1. The number of rotatable bonds is 4. The summed E-state index contributed by atoms with van der Waals surface area (Å²) in [5, 5.41) is 26.1. The summed E-state index contributed by atoms with van der Waals surface area (Å²) < 4.78 is 13.4. The summed E-state index contributed by atoms with van der Waals surface area (Å²) in [5.41, 5.74) is -0.501. The van der Waals surface area contributed by atoms with Gasteiger partial charge in [0.15, 0.2) is 0 Å². The van der Waals surface area contributed by atoms with Crippen molar-refractivity contribution in [2.24, 2.45) is 0 Å². The molecule has 6 heteroatoms. The molecular weight excluding hydrogens is 225 g/mol. The quantitative estimate of drug-likeness (QED) is 0.793. The minimum Gasteiger partial charge on any atom is -0.478 e. The molecule has 86 valence electrons. The number of carboxylic acid groups (broad SMARTS) is 1. The first-order valence-corrected chi connectivity index (χ1v) is 4.62. The van der Waals surface area contributed by atoms with Crippen LogP contribution in [0.1, 0.15) is 10.4 Å². The Labute approximate surface area is 96.9 Å². The van der Waals surface area contributed by atoms with Crippen LogP contribution < -0.4 is 4.90 Å². The Bertz CT molecular complexity index is 500. The van der Waals surface area contributed by atoms with Crippen LogP contribution in [-0.4, -0.2) is 24.2 Å². The smallest absolute Gasteiger partial charge is 0.340 e.